The van der Waals surface area contributed by atoms with Gasteiger partial charge in [0.25, 0.3) is 0 Å². The molecule has 0 aliphatic rings. The monoisotopic (exact) mass is 326 g/mol. The summed E-state index contributed by atoms with van der Waals surface area (Å²) in [5.41, 5.74) is 3.43. The first-order valence-corrected chi connectivity index (χ1v) is 8.96. The third-order valence-corrected chi connectivity index (χ3v) is 4.78. The third kappa shape index (κ3) is 4.02. The Morgan fingerprint density at radius 2 is 1.52 bits per heavy atom. The van der Waals surface area contributed by atoms with Crippen LogP contribution in [0.2, 0.25) is 0 Å². The topological polar surface area (TPSA) is 51.1 Å². The Kier molecular flexibility index (Phi) is 4.21. The van der Waals surface area contributed by atoms with Crippen molar-refractivity contribution in [3.8, 4) is 5.69 Å². The van der Waals surface area contributed by atoms with Crippen LogP contribution < -0.4 is 4.72 Å². The summed E-state index contributed by atoms with van der Waals surface area (Å²) in [6, 6.07) is 18.7. The van der Waals surface area contributed by atoms with Crippen LogP contribution in [0.5, 0.6) is 0 Å². The molecule has 23 heavy (non-hydrogen) atoms. The molecular weight excluding hydrogens is 308 g/mol. The normalized spacial score (nSPS) is 11.3. The summed E-state index contributed by atoms with van der Waals surface area (Å²) in [6.07, 6.45) is 3.88. The lowest BCUT2D eigenvalue weighted by molar-refractivity contribution is 0.600. The molecule has 2 aromatic carbocycles. The van der Waals surface area contributed by atoms with Gasteiger partial charge in [-0.3, -0.25) is 4.72 Å². The van der Waals surface area contributed by atoms with E-state index in [1.807, 2.05) is 72.4 Å². The molecular formula is C18H18N2O2S. The van der Waals surface area contributed by atoms with Crippen LogP contribution in [0.15, 0.2) is 73.1 Å². The molecule has 0 amide bonds. The number of rotatable bonds is 5. The van der Waals surface area contributed by atoms with Crippen molar-refractivity contribution in [2.45, 2.75) is 12.7 Å². The van der Waals surface area contributed by atoms with E-state index >= 15 is 0 Å². The predicted molar refractivity (Wildman–Crippen MR) is 93.2 cm³/mol. The first-order valence-electron chi connectivity index (χ1n) is 7.31. The maximum absolute atomic E-state index is 12.3. The fourth-order valence-electron chi connectivity index (χ4n) is 2.33. The van der Waals surface area contributed by atoms with Gasteiger partial charge in [-0.05, 0) is 48.9 Å². The number of nitrogens with zero attached hydrogens (tertiary/aromatic N) is 1. The molecule has 0 unspecified atom stereocenters. The molecule has 1 N–H and O–H groups in total. The SMILES string of the molecule is Cc1ccc(CS(=O)(=O)Nc2ccc(-n3cccc3)cc2)cc1. The summed E-state index contributed by atoms with van der Waals surface area (Å²) in [4.78, 5) is 0. The molecule has 0 fully saturated rings. The van der Waals surface area contributed by atoms with Crippen LogP contribution >= 0.6 is 0 Å². The van der Waals surface area contributed by atoms with E-state index in [4.69, 9.17) is 0 Å². The molecule has 0 atom stereocenters. The highest BCUT2D eigenvalue weighted by molar-refractivity contribution is 7.91. The lowest BCUT2D eigenvalue weighted by Crippen LogP contribution is -2.15. The molecule has 118 valence electrons. The Morgan fingerprint density at radius 3 is 2.13 bits per heavy atom. The van der Waals surface area contributed by atoms with E-state index in [1.165, 1.54) is 0 Å². The van der Waals surface area contributed by atoms with E-state index in [0.717, 1.165) is 16.8 Å². The van der Waals surface area contributed by atoms with Gasteiger partial charge in [0.1, 0.15) is 0 Å². The molecule has 0 saturated heterocycles. The molecule has 0 aliphatic carbocycles. The zero-order valence-corrected chi connectivity index (χ0v) is 13.6. The molecule has 3 aromatic rings. The molecule has 5 heteroatoms. The van der Waals surface area contributed by atoms with Gasteiger partial charge in [0.05, 0.1) is 5.75 Å². The highest BCUT2D eigenvalue weighted by Gasteiger charge is 2.11. The number of nitrogens with one attached hydrogen (secondary N) is 1. The van der Waals surface area contributed by atoms with Crippen LogP contribution in [0.4, 0.5) is 5.69 Å². The number of hydrogen-bond donors (Lipinski definition) is 1. The number of aryl methyl sites for hydroxylation is 1. The van der Waals surface area contributed by atoms with Crippen molar-refractivity contribution in [3.05, 3.63) is 84.2 Å². The number of sulfonamides is 1. The Morgan fingerprint density at radius 1 is 0.913 bits per heavy atom. The van der Waals surface area contributed by atoms with E-state index in [-0.39, 0.29) is 5.75 Å². The van der Waals surface area contributed by atoms with Gasteiger partial charge in [0.2, 0.25) is 10.0 Å². The minimum Gasteiger partial charge on any atom is -0.324 e. The summed E-state index contributed by atoms with van der Waals surface area (Å²) in [5, 5.41) is 0. The number of benzene rings is 2. The molecule has 0 saturated carbocycles. The molecule has 0 radical (unpaired) electrons. The van der Waals surface area contributed by atoms with Gasteiger partial charge in [-0.2, -0.15) is 0 Å². The van der Waals surface area contributed by atoms with Gasteiger partial charge in [0.15, 0.2) is 0 Å². The van der Waals surface area contributed by atoms with Crippen molar-refractivity contribution in [3.63, 3.8) is 0 Å². The minimum atomic E-state index is -3.42. The van der Waals surface area contributed by atoms with Crippen molar-refractivity contribution in [1.29, 1.82) is 0 Å². The number of aromatic nitrogens is 1. The first kappa shape index (κ1) is 15.4. The molecule has 4 nitrogen and oxygen atoms in total. The molecule has 0 aliphatic heterocycles. The standard InChI is InChI=1S/C18H18N2O2S/c1-15-4-6-16(7-5-15)14-23(21,22)19-17-8-10-18(11-9-17)20-12-2-3-13-20/h2-13,19H,14H2,1H3. The molecule has 0 spiro atoms. The van der Waals surface area contributed by atoms with Gasteiger partial charge in [0, 0.05) is 23.8 Å². The Bertz CT molecular complexity index is 866. The van der Waals surface area contributed by atoms with E-state index in [2.05, 4.69) is 4.72 Å². The van der Waals surface area contributed by atoms with Crippen LogP contribution in [0.25, 0.3) is 5.69 Å². The molecule has 1 aromatic heterocycles. The van der Waals surface area contributed by atoms with Crippen LogP contribution in [0, 0.1) is 6.92 Å². The van der Waals surface area contributed by atoms with Crippen LogP contribution in [0.1, 0.15) is 11.1 Å². The quantitative estimate of drug-likeness (QED) is 0.777. The van der Waals surface area contributed by atoms with E-state index < -0.39 is 10.0 Å². The molecule has 3 rings (SSSR count). The Balaban J connectivity index is 1.71. The summed E-state index contributed by atoms with van der Waals surface area (Å²) >= 11 is 0. The smallest absolute Gasteiger partial charge is 0.236 e. The third-order valence-electron chi connectivity index (χ3n) is 3.52. The second-order valence-corrected chi connectivity index (χ2v) is 7.21. The van der Waals surface area contributed by atoms with Gasteiger partial charge >= 0.3 is 0 Å². The zero-order chi connectivity index (χ0) is 16.3. The van der Waals surface area contributed by atoms with Crippen molar-refractivity contribution >= 4 is 15.7 Å². The van der Waals surface area contributed by atoms with Crippen molar-refractivity contribution in [2.24, 2.45) is 0 Å². The highest BCUT2D eigenvalue weighted by Crippen LogP contribution is 2.16. The van der Waals surface area contributed by atoms with Gasteiger partial charge < -0.3 is 4.57 Å². The van der Waals surface area contributed by atoms with Gasteiger partial charge in [-0.15, -0.1) is 0 Å². The Hall–Kier alpha value is -2.53. The average Bonchev–Trinajstić information content (AvgIpc) is 3.04. The summed E-state index contributed by atoms with van der Waals surface area (Å²) in [7, 11) is -3.42. The lowest BCUT2D eigenvalue weighted by Gasteiger charge is -2.09. The second-order valence-electron chi connectivity index (χ2n) is 5.48. The fraction of sp³-hybridized carbons (Fsp3) is 0.111. The first-order chi connectivity index (χ1) is 11.0. The number of hydrogen-bond acceptors (Lipinski definition) is 2. The van der Waals surface area contributed by atoms with Crippen LogP contribution in [0.3, 0.4) is 0 Å². The van der Waals surface area contributed by atoms with Crippen molar-refractivity contribution in [1.82, 2.24) is 4.57 Å². The second kappa shape index (κ2) is 6.30. The molecule has 1 heterocycles. The Labute approximate surface area is 136 Å². The van der Waals surface area contributed by atoms with Crippen molar-refractivity contribution < 1.29 is 8.42 Å². The van der Waals surface area contributed by atoms with Crippen molar-refractivity contribution in [2.75, 3.05) is 4.72 Å². The lowest BCUT2D eigenvalue weighted by atomic mass is 10.2. The summed E-state index contributed by atoms with van der Waals surface area (Å²) in [6.45, 7) is 1.98. The molecule has 0 bridgehead atoms. The number of anilines is 1. The van der Waals surface area contributed by atoms with E-state index in [0.29, 0.717) is 5.69 Å². The highest BCUT2D eigenvalue weighted by atomic mass is 32.2. The fourth-order valence-corrected chi connectivity index (χ4v) is 3.53. The van der Waals surface area contributed by atoms with E-state index in [1.54, 1.807) is 12.1 Å². The van der Waals surface area contributed by atoms with E-state index in [9.17, 15) is 8.42 Å². The van der Waals surface area contributed by atoms with Crippen LogP contribution in [-0.2, 0) is 15.8 Å². The average molecular weight is 326 g/mol. The minimum absolute atomic E-state index is 0.0351. The predicted octanol–water partition coefficient (Wildman–Crippen LogP) is 3.73. The van der Waals surface area contributed by atoms with Gasteiger partial charge in [-0.25, -0.2) is 8.42 Å². The summed E-state index contributed by atoms with van der Waals surface area (Å²) in [5.74, 6) is -0.0351. The maximum atomic E-state index is 12.3. The largest absolute Gasteiger partial charge is 0.324 e. The summed E-state index contributed by atoms with van der Waals surface area (Å²) < 4.78 is 29.1. The maximum Gasteiger partial charge on any atom is 0.236 e. The van der Waals surface area contributed by atoms with Crippen LogP contribution in [-0.4, -0.2) is 13.0 Å². The van der Waals surface area contributed by atoms with Gasteiger partial charge in [-0.1, -0.05) is 29.8 Å². The zero-order valence-electron chi connectivity index (χ0n) is 12.8.